The summed E-state index contributed by atoms with van der Waals surface area (Å²) in [6.07, 6.45) is 0.0639. The number of hydrogen-bond acceptors (Lipinski definition) is 6. The lowest BCUT2D eigenvalue weighted by Crippen LogP contribution is -2.43. The normalized spacial score (nSPS) is 11.8. The number of hydrogen-bond donors (Lipinski definition) is 2. The maximum absolute atomic E-state index is 13.1. The van der Waals surface area contributed by atoms with E-state index in [1.54, 1.807) is 36.4 Å². The molecule has 0 spiro atoms. The van der Waals surface area contributed by atoms with E-state index in [0.717, 1.165) is 4.57 Å². The number of amides is 1. The van der Waals surface area contributed by atoms with E-state index in [1.165, 1.54) is 43.0 Å². The van der Waals surface area contributed by atoms with E-state index in [4.69, 9.17) is 27.9 Å². The highest BCUT2D eigenvalue weighted by Crippen LogP contribution is 2.21. The second kappa shape index (κ2) is 10.5. The van der Waals surface area contributed by atoms with Crippen LogP contribution in [0, 0.1) is 11.6 Å². The number of aryl methyl sites for hydroxylation is 1. The van der Waals surface area contributed by atoms with E-state index < -0.39 is 29.2 Å². The van der Waals surface area contributed by atoms with Gasteiger partial charge in [0, 0.05) is 19.5 Å². The Bertz CT molecular complexity index is 1620. The van der Waals surface area contributed by atoms with E-state index in [0.29, 0.717) is 16.8 Å². The maximum atomic E-state index is 13.1. The number of ether oxygens (including phenoxy) is 1. The molecule has 11 heteroatoms. The van der Waals surface area contributed by atoms with E-state index in [-0.39, 0.29) is 33.2 Å². The van der Waals surface area contributed by atoms with Crippen molar-refractivity contribution in [2.45, 2.75) is 12.5 Å². The summed E-state index contributed by atoms with van der Waals surface area (Å²) in [7, 11) is 2.74. The molecule has 1 atom stereocenters. The number of aromatic hydroxyl groups is 1. The zero-order chi connectivity index (χ0) is 26.9. The number of fused-ring (bicyclic) bond motifs is 1. The Morgan fingerprint density at radius 2 is 1.81 bits per heavy atom. The second-order valence-electron chi connectivity index (χ2n) is 8.22. The predicted molar refractivity (Wildman–Crippen MR) is 135 cm³/mol. The van der Waals surface area contributed by atoms with Gasteiger partial charge in [0.2, 0.25) is 5.02 Å². The molecule has 0 aliphatic carbocycles. The number of aromatic nitrogens is 2. The second-order valence-corrected chi connectivity index (χ2v) is 9.06. The summed E-state index contributed by atoms with van der Waals surface area (Å²) in [6, 6.07) is 14.2. The minimum atomic E-state index is -1.05. The van der Waals surface area contributed by atoms with Crippen LogP contribution in [0.25, 0.3) is 16.6 Å². The van der Waals surface area contributed by atoms with Gasteiger partial charge in [0.1, 0.15) is 17.4 Å². The van der Waals surface area contributed by atoms with Crippen LogP contribution in [-0.2, 0) is 23.0 Å². The Hall–Kier alpha value is -4.08. The standard InChI is InChI=1S/C26H21Cl2N3O6/c1-30-21-11-10-16(32)13-17(21)24(34)31(26(30)36)15-8-6-14(7-9-15)12-20(25(35)37-2)29-23(33)22-18(27)4-3-5-19(22)28/h3-11,13,20,27H,12H2,1-2H3,(H-,29,32,33)/p+1/t20-/m0/s1. The Balaban J connectivity index is 1.64. The lowest BCUT2D eigenvalue weighted by molar-refractivity contribution is -0.289. The predicted octanol–water partition coefficient (Wildman–Crippen LogP) is 2.26. The van der Waals surface area contributed by atoms with Crippen molar-refractivity contribution >= 4 is 34.4 Å². The van der Waals surface area contributed by atoms with Crippen molar-refractivity contribution in [2.24, 2.45) is 7.05 Å². The fourth-order valence-corrected chi connectivity index (χ4v) is 4.58. The van der Waals surface area contributed by atoms with Crippen LogP contribution in [0.5, 0.6) is 5.75 Å². The van der Waals surface area contributed by atoms with E-state index >= 15 is 0 Å². The summed E-state index contributed by atoms with van der Waals surface area (Å²) in [5.74, 6) is -1.38. The molecule has 0 radical (unpaired) electrons. The van der Waals surface area contributed by atoms with Crippen molar-refractivity contribution < 1.29 is 31.0 Å². The lowest BCUT2D eigenvalue weighted by atomic mass is 10.0. The average Bonchev–Trinajstić information content (AvgIpc) is 2.87. The minimum Gasteiger partial charge on any atom is -0.508 e. The number of rotatable bonds is 6. The molecule has 9 nitrogen and oxygen atoms in total. The molecular formula is C26H22Cl2N3O6+. The number of halogens is 2. The summed E-state index contributed by atoms with van der Waals surface area (Å²) in [6.45, 7) is 0. The molecule has 0 aliphatic rings. The molecule has 1 amide bonds. The fourth-order valence-electron chi connectivity index (χ4n) is 3.98. The van der Waals surface area contributed by atoms with Crippen LogP contribution in [0.4, 0.5) is 0 Å². The molecule has 0 unspecified atom stereocenters. The third kappa shape index (κ3) is 5.09. The Kier molecular flexibility index (Phi) is 7.37. The highest BCUT2D eigenvalue weighted by molar-refractivity contribution is 6.34. The number of esters is 1. The van der Waals surface area contributed by atoms with Gasteiger partial charge in [0.25, 0.3) is 11.5 Å². The number of benzene rings is 3. The SMILES string of the molecule is COC(=O)[C@H](Cc1ccc(-n2c(=O)c3cc(O)ccc3n(C)c2=O)cc1)NC(=O)c1c(Cl)cccc1[ClH+]. The Morgan fingerprint density at radius 1 is 1.11 bits per heavy atom. The van der Waals surface area contributed by atoms with Gasteiger partial charge in [-0.3, -0.25) is 14.2 Å². The third-order valence-electron chi connectivity index (χ3n) is 5.88. The molecule has 0 saturated heterocycles. The first-order chi connectivity index (χ1) is 17.6. The smallest absolute Gasteiger partial charge is 0.335 e. The number of phenols is 1. The van der Waals surface area contributed by atoms with Crippen molar-refractivity contribution in [1.82, 2.24) is 14.5 Å². The van der Waals surface area contributed by atoms with Gasteiger partial charge < -0.3 is 15.2 Å². The summed E-state index contributed by atoms with van der Waals surface area (Å²) in [5, 5.41) is 13.0. The van der Waals surface area contributed by atoms with Crippen LogP contribution in [0.1, 0.15) is 15.9 Å². The van der Waals surface area contributed by atoms with Crippen LogP contribution in [0.15, 0.2) is 70.3 Å². The van der Waals surface area contributed by atoms with Crippen molar-refractivity contribution in [2.75, 3.05) is 7.11 Å². The van der Waals surface area contributed by atoms with Gasteiger partial charge in [-0.2, -0.15) is 0 Å². The van der Waals surface area contributed by atoms with Crippen molar-refractivity contribution in [3.8, 4) is 11.4 Å². The van der Waals surface area contributed by atoms with Gasteiger partial charge >= 0.3 is 11.7 Å². The van der Waals surface area contributed by atoms with E-state index in [1.807, 2.05) is 0 Å². The molecule has 4 aromatic rings. The highest BCUT2D eigenvalue weighted by Gasteiger charge is 2.27. The summed E-state index contributed by atoms with van der Waals surface area (Å²) >= 11 is 11.3. The third-order valence-corrected chi connectivity index (χ3v) is 6.54. The maximum Gasteiger partial charge on any atom is 0.335 e. The van der Waals surface area contributed by atoms with Gasteiger partial charge in [-0.05, 0) is 42.0 Å². The monoisotopic (exact) mass is 542 g/mol. The first-order valence-electron chi connectivity index (χ1n) is 11.0. The van der Waals surface area contributed by atoms with Crippen LogP contribution in [0.3, 0.4) is 0 Å². The first kappa shape index (κ1) is 26.0. The minimum absolute atomic E-state index is 0.0639. The number of phenolic OH excluding ortho intramolecular Hbond substituents is 1. The molecule has 190 valence electrons. The van der Waals surface area contributed by atoms with Crippen molar-refractivity contribution in [3.05, 3.63) is 103 Å². The quantitative estimate of drug-likeness (QED) is 0.360. The number of carbonyl (C=O) groups excluding carboxylic acids is 2. The molecule has 37 heavy (non-hydrogen) atoms. The molecule has 3 aromatic carbocycles. The van der Waals surface area contributed by atoms with Gasteiger partial charge in [-0.15, -0.1) is 0 Å². The van der Waals surface area contributed by atoms with Crippen LogP contribution >= 0.6 is 11.6 Å². The highest BCUT2D eigenvalue weighted by atomic mass is 35.5. The molecule has 1 aromatic heterocycles. The largest absolute Gasteiger partial charge is 0.508 e. The van der Waals surface area contributed by atoms with Gasteiger partial charge in [-0.1, -0.05) is 29.8 Å². The number of methoxy groups -OCH3 is 1. The molecule has 2 N–H and O–H groups in total. The molecule has 0 saturated carbocycles. The molecule has 0 aliphatic heterocycles. The molecule has 0 fully saturated rings. The van der Waals surface area contributed by atoms with Gasteiger partial charge in [0.05, 0.1) is 28.7 Å². The van der Waals surface area contributed by atoms with Gasteiger partial charge in [-0.25, -0.2) is 14.2 Å². The average molecular weight is 543 g/mol. The molecular weight excluding hydrogens is 521 g/mol. The summed E-state index contributed by atoms with van der Waals surface area (Å²) < 4.78 is 7.16. The molecule has 0 bridgehead atoms. The van der Waals surface area contributed by atoms with E-state index in [2.05, 4.69) is 5.32 Å². The fraction of sp³-hybridized carbons (Fsp3) is 0.154. The summed E-state index contributed by atoms with van der Waals surface area (Å²) in [4.78, 5) is 51.2. The Labute approximate surface area is 220 Å². The number of nitrogens with zero attached hydrogens (tertiary/aromatic N) is 2. The number of nitrogens with one attached hydrogen (secondary N) is 1. The lowest BCUT2D eigenvalue weighted by Gasteiger charge is -2.17. The zero-order valence-electron chi connectivity index (χ0n) is 19.7. The first-order valence-corrected chi connectivity index (χ1v) is 11.8. The van der Waals surface area contributed by atoms with Crippen molar-refractivity contribution in [1.29, 1.82) is 0 Å². The molecule has 4 rings (SSSR count). The Morgan fingerprint density at radius 3 is 2.46 bits per heavy atom. The van der Waals surface area contributed by atoms with Gasteiger partial charge in [0.15, 0.2) is 11.6 Å². The van der Waals surface area contributed by atoms with Crippen LogP contribution in [0.2, 0.25) is 10.0 Å². The topological polar surface area (TPSA) is 120 Å². The van der Waals surface area contributed by atoms with Crippen LogP contribution < -0.4 is 16.6 Å². The zero-order valence-corrected chi connectivity index (χ0v) is 21.3. The van der Waals surface area contributed by atoms with Crippen LogP contribution in [-0.4, -0.2) is 39.3 Å². The summed E-state index contributed by atoms with van der Waals surface area (Å²) in [5.41, 5.74) is 0.251. The van der Waals surface area contributed by atoms with E-state index in [9.17, 15) is 24.3 Å². The molecule has 1 heterocycles. The number of carbonyl (C=O) groups is 2. The van der Waals surface area contributed by atoms with Crippen molar-refractivity contribution in [3.63, 3.8) is 0 Å².